The zero-order valence-electron chi connectivity index (χ0n) is 14.4. The molecule has 1 amide bonds. The number of rotatable bonds is 6. The van der Waals surface area contributed by atoms with Gasteiger partial charge in [0, 0.05) is 18.8 Å². The molecule has 1 heterocycles. The number of hydrogen-bond acceptors (Lipinski definition) is 4. The molecule has 1 N–H and O–H groups in total. The van der Waals surface area contributed by atoms with Gasteiger partial charge in [0.25, 0.3) is 0 Å². The van der Waals surface area contributed by atoms with Crippen LogP contribution in [0.1, 0.15) is 45.7 Å². The number of ether oxygens (including phenoxy) is 2. The van der Waals surface area contributed by atoms with Crippen LogP contribution in [0.5, 0.6) is 5.88 Å². The summed E-state index contributed by atoms with van der Waals surface area (Å²) in [6, 6.07) is 1.91. The number of methoxy groups -OCH3 is 1. The molecule has 0 spiro atoms. The number of alkyl carbamates (subject to hydrolysis) is 1. The highest BCUT2D eigenvalue weighted by Gasteiger charge is 2.16. The van der Waals surface area contributed by atoms with E-state index in [9.17, 15) is 4.79 Å². The van der Waals surface area contributed by atoms with Crippen LogP contribution in [0.3, 0.4) is 0 Å². The first-order valence-electron chi connectivity index (χ1n) is 7.53. The molecule has 0 aliphatic rings. The maximum absolute atomic E-state index is 11.7. The van der Waals surface area contributed by atoms with Crippen LogP contribution >= 0.6 is 0 Å². The number of amides is 1. The first-order chi connectivity index (χ1) is 10.2. The van der Waals surface area contributed by atoms with Crippen LogP contribution in [0.4, 0.5) is 4.79 Å². The molecule has 1 rings (SSSR count). The lowest BCUT2D eigenvalue weighted by molar-refractivity contribution is 0.0523. The van der Waals surface area contributed by atoms with Crippen molar-refractivity contribution < 1.29 is 14.3 Å². The summed E-state index contributed by atoms with van der Waals surface area (Å²) in [6.45, 7) is 10.2. The standard InChI is InChI=1S/C17H27N2O3/c1-12(2)7-8-13-9-15(21-6)18-10-14(13)11-19-16(20)22-17(3,4)5/h7,9-10,12H,8,11H2,1-6H3,(H,19,20). The molecule has 5 heteroatoms. The fourth-order valence-electron chi connectivity index (χ4n) is 1.81. The van der Waals surface area contributed by atoms with Gasteiger partial charge in [0.2, 0.25) is 5.88 Å². The summed E-state index contributed by atoms with van der Waals surface area (Å²) in [5, 5.41) is 2.77. The van der Waals surface area contributed by atoms with Crippen molar-refractivity contribution in [2.75, 3.05) is 7.11 Å². The van der Waals surface area contributed by atoms with Crippen LogP contribution in [0.25, 0.3) is 0 Å². The highest BCUT2D eigenvalue weighted by molar-refractivity contribution is 5.67. The number of carbonyl (C=O) groups excluding carboxylic acids is 1. The lowest BCUT2D eigenvalue weighted by Gasteiger charge is -2.20. The minimum atomic E-state index is -0.503. The first-order valence-corrected chi connectivity index (χ1v) is 7.53. The SMILES string of the molecule is COc1cc(C[CH]C(C)C)c(CNC(=O)OC(C)(C)C)cn1. The van der Waals surface area contributed by atoms with E-state index in [4.69, 9.17) is 9.47 Å². The van der Waals surface area contributed by atoms with E-state index in [0.717, 1.165) is 17.5 Å². The van der Waals surface area contributed by atoms with Crippen molar-refractivity contribution in [1.29, 1.82) is 0 Å². The third kappa shape index (κ3) is 6.78. The van der Waals surface area contributed by atoms with Gasteiger partial charge in [0.1, 0.15) is 5.60 Å². The molecule has 0 aliphatic carbocycles. The van der Waals surface area contributed by atoms with E-state index in [2.05, 4.69) is 30.6 Å². The topological polar surface area (TPSA) is 60.5 Å². The molecule has 0 aliphatic heterocycles. The van der Waals surface area contributed by atoms with Crippen molar-refractivity contribution in [3.05, 3.63) is 29.8 Å². The monoisotopic (exact) mass is 307 g/mol. The maximum Gasteiger partial charge on any atom is 0.407 e. The van der Waals surface area contributed by atoms with Gasteiger partial charge in [-0.15, -0.1) is 0 Å². The Morgan fingerprint density at radius 2 is 2.05 bits per heavy atom. The third-order valence-corrected chi connectivity index (χ3v) is 2.90. The summed E-state index contributed by atoms with van der Waals surface area (Å²) in [5.41, 5.74) is 1.55. The number of nitrogens with zero attached hydrogens (tertiary/aromatic N) is 1. The van der Waals surface area contributed by atoms with E-state index in [1.54, 1.807) is 13.3 Å². The van der Waals surface area contributed by atoms with E-state index in [1.807, 2.05) is 26.8 Å². The highest BCUT2D eigenvalue weighted by atomic mass is 16.6. The number of aromatic nitrogens is 1. The minimum Gasteiger partial charge on any atom is -0.481 e. The van der Waals surface area contributed by atoms with Crippen LogP contribution in [-0.4, -0.2) is 23.8 Å². The molecule has 0 saturated carbocycles. The van der Waals surface area contributed by atoms with Gasteiger partial charge in [-0.3, -0.25) is 0 Å². The molecule has 1 radical (unpaired) electrons. The summed E-state index contributed by atoms with van der Waals surface area (Å²) in [5.74, 6) is 1.07. The molecule has 1 aromatic rings. The summed E-state index contributed by atoms with van der Waals surface area (Å²) in [4.78, 5) is 16.0. The molecule has 0 unspecified atom stereocenters. The largest absolute Gasteiger partial charge is 0.481 e. The van der Waals surface area contributed by atoms with Gasteiger partial charge in [-0.1, -0.05) is 13.8 Å². The fraction of sp³-hybridized carbons (Fsp3) is 0.588. The second kappa shape index (κ2) is 8.01. The zero-order valence-corrected chi connectivity index (χ0v) is 14.4. The average molecular weight is 307 g/mol. The van der Waals surface area contributed by atoms with E-state index in [1.165, 1.54) is 0 Å². The number of pyridine rings is 1. The molecule has 0 aromatic carbocycles. The Hall–Kier alpha value is -1.78. The van der Waals surface area contributed by atoms with Gasteiger partial charge in [0.05, 0.1) is 7.11 Å². The summed E-state index contributed by atoms with van der Waals surface area (Å²) < 4.78 is 10.4. The predicted molar refractivity (Wildman–Crippen MR) is 86.7 cm³/mol. The Morgan fingerprint density at radius 1 is 1.36 bits per heavy atom. The molecule has 0 fully saturated rings. The van der Waals surface area contributed by atoms with Gasteiger partial charge < -0.3 is 14.8 Å². The Kier molecular flexibility index (Phi) is 6.65. The van der Waals surface area contributed by atoms with Crippen molar-refractivity contribution in [2.45, 2.75) is 53.2 Å². The predicted octanol–water partition coefficient (Wildman–Crippen LogP) is 3.52. The molecular formula is C17H27N2O3. The Labute approximate surface area is 133 Å². The normalized spacial score (nSPS) is 11.4. The van der Waals surface area contributed by atoms with Crippen molar-refractivity contribution in [1.82, 2.24) is 10.3 Å². The lowest BCUT2D eigenvalue weighted by Crippen LogP contribution is -2.32. The van der Waals surface area contributed by atoms with Crippen molar-refractivity contribution >= 4 is 6.09 Å². The number of hydrogen-bond donors (Lipinski definition) is 1. The molecule has 0 saturated heterocycles. The molecule has 0 bridgehead atoms. The van der Waals surface area contributed by atoms with Gasteiger partial charge >= 0.3 is 6.09 Å². The van der Waals surface area contributed by atoms with E-state index < -0.39 is 11.7 Å². The van der Waals surface area contributed by atoms with Crippen LogP contribution in [0.2, 0.25) is 0 Å². The Balaban J connectivity index is 2.73. The lowest BCUT2D eigenvalue weighted by atomic mass is 10.00. The summed E-state index contributed by atoms with van der Waals surface area (Å²) >= 11 is 0. The highest BCUT2D eigenvalue weighted by Crippen LogP contribution is 2.18. The summed E-state index contributed by atoms with van der Waals surface area (Å²) in [6.07, 6.45) is 4.33. The van der Waals surface area contributed by atoms with Crippen molar-refractivity contribution in [2.24, 2.45) is 5.92 Å². The average Bonchev–Trinajstić information content (AvgIpc) is 2.41. The van der Waals surface area contributed by atoms with Crippen LogP contribution < -0.4 is 10.1 Å². The molecule has 1 aromatic heterocycles. The smallest absolute Gasteiger partial charge is 0.407 e. The van der Waals surface area contributed by atoms with Gasteiger partial charge in [-0.05, 0) is 50.7 Å². The maximum atomic E-state index is 11.7. The van der Waals surface area contributed by atoms with Crippen molar-refractivity contribution in [3.63, 3.8) is 0 Å². The quantitative estimate of drug-likeness (QED) is 0.873. The van der Waals surface area contributed by atoms with Gasteiger partial charge in [0.15, 0.2) is 0 Å². The minimum absolute atomic E-state index is 0.382. The molecule has 5 nitrogen and oxygen atoms in total. The zero-order chi connectivity index (χ0) is 16.8. The molecular weight excluding hydrogens is 280 g/mol. The Morgan fingerprint density at radius 3 is 2.59 bits per heavy atom. The summed E-state index contributed by atoms with van der Waals surface area (Å²) in [7, 11) is 1.59. The number of carbonyl (C=O) groups is 1. The van der Waals surface area contributed by atoms with E-state index in [-0.39, 0.29) is 0 Å². The van der Waals surface area contributed by atoms with Gasteiger partial charge in [-0.25, -0.2) is 9.78 Å². The van der Waals surface area contributed by atoms with E-state index >= 15 is 0 Å². The second-order valence-corrected chi connectivity index (χ2v) is 6.53. The van der Waals surface area contributed by atoms with E-state index in [0.29, 0.717) is 18.3 Å². The number of nitrogens with one attached hydrogen (secondary N) is 1. The van der Waals surface area contributed by atoms with Crippen LogP contribution in [-0.2, 0) is 17.7 Å². The van der Waals surface area contributed by atoms with Crippen molar-refractivity contribution in [3.8, 4) is 5.88 Å². The van der Waals surface area contributed by atoms with Gasteiger partial charge in [-0.2, -0.15) is 0 Å². The van der Waals surface area contributed by atoms with Crippen LogP contribution in [0, 0.1) is 12.3 Å². The third-order valence-electron chi connectivity index (χ3n) is 2.90. The van der Waals surface area contributed by atoms with Crippen LogP contribution in [0.15, 0.2) is 12.3 Å². The molecule has 0 atom stereocenters. The Bertz CT molecular complexity index is 493. The molecule has 123 valence electrons. The second-order valence-electron chi connectivity index (χ2n) is 6.53. The molecule has 22 heavy (non-hydrogen) atoms. The first kappa shape index (κ1) is 18.3. The fourth-order valence-corrected chi connectivity index (χ4v) is 1.81.